The number of carbonyl (C=O) groups excluding carboxylic acids is 3. The molecule has 43 heavy (non-hydrogen) atoms. The van der Waals surface area contributed by atoms with Crippen molar-refractivity contribution in [3.63, 3.8) is 0 Å². The van der Waals surface area contributed by atoms with Gasteiger partial charge in [0.15, 0.2) is 11.5 Å². The number of methoxy groups -OCH3 is 3. The highest BCUT2D eigenvalue weighted by Crippen LogP contribution is 2.45. The van der Waals surface area contributed by atoms with Gasteiger partial charge in [0.25, 0.3) is 5.91 Å². The Morgan fingerprint density at radius 3 is 2.53 bits per heavy atom. The number of carbonyl (C=O) groups is 3. The number of aliphatic hydroxyl groups is 1. The highest BCUT2D eigenvalue weighted by Gasteiger charge is 2.40. The zero-order valence-electron chi connectivity index (χ0n) is 24.6. The molecule has 1 aromatic heterocycles. The maximum atomic E-state index is 14.2. The minimum atomic E-state index is -1.24. The molecule has 0 aliphatic carbocycles. The minimum Gasteiger partial charge on any atom is -0.493 e. The Morgan fingerprint density at radius 1 is 1.09 bits per heavy atom. The number of amides is 2. The Labute approximate surface area is 254 Å². The quantitative estimate of drug-likeness (QED) is 0.303. The molecule has 230 valence electrons. The second kappa shape index (κ2) is 13.5. The van der Waals surface area contributed by atoms with E-state index in [1.165, 1.54) is 32.5 Å². The molecule has 2 heterocycles. The number of rotatable bonds is 11. The molecular formula is C31H35ClN2O9. The first-order valence-corrected chi connectivity index (χ1v) is 13.9. The topological polar surface area (TPSA) is 137 Å². The first-order chi connectivity index (χ1) is 20.5. The molecule has 0 bridgehead atoms. The largest absolute Gasteiger partial charge is 0.493 e. The van der Waals surface area contributed by atoms with Crippen LogP contribution in [0.2, 0.25) is 5.02 Å². The molecule has 0 unspecified atom stereocenters. The van der Waals surface area contributed by atoms with Gasteiger partial charge in [0, 0.05) is 52.5 Å². The average Bonchev–Trinajstić information content (AvgIpc) is 3.45. The van der Waals surface area contributed by atoms with E-state index in [1.54, 1.807) is 42.5 Å². The van der Waals surface area contributed by atoms with Crippen molar-refractivity contribution in [2.24, 2.45) is 5.41 Å². The molecule has 1 aliphatic heterocycles. The number of aliphatic hydroxyl groups excluding tert-OH is 1. The number of esters is 1. The number of hydrogen-bond donors (Lipinski definition) is 2. The number of nitrogens with zero attached hydrogens (tertiary/aromatic N) is 1. The Kier molecular flexibility index (Phi) is 10.0. The number of hydrogen-bond acceptors (Lipinski definition) is 9. The summed E-state index contributed by atoms with van der Waals surface area (Å²) in [6.45, 7) is 3.57. The van der Waals surface area contributed by atoms with Gasteiger partial charge in [0.2, 0.25) is 11.7 Å². The van der Waals surface area contributed by atoms with Gasteiger partial charge in [-0.05, 0) is 30.3 Å². The first-order valence-electron chi connectivity index (χ1n) is 13.5. The molecule has 0 fully saturated rings. The molecule has 11 nitrogen and oxygen atoms in total. The monoisotopic (exact) mass is 614 g/mol. The van der Waals surface area contributed by atoms with Gasteiger partial charge in [-0.3, -0.25) is 9.59 Å². The Balaban J connectivity index is 1.74. The smallest absolute Gasteiger partial charge is 0.374 e. The van der Waals surface area contributed by atoms with Crippen molar-refractivity contribution < 1.29 is 42.9 Å². The van der Waals surface area contributed by atoms with Crippen LogP contribution in [-0.4, -0.2) is 63.5 Å². The van der Waals surface area contributed by atoms with Gasteiger partial charge in [-0.1, -0.05) is 37.6 Å². The summed E-state index contributed by atoms with van der Waals surface area (Å²) in [7, 11) is 4.24. The highest BCUT2D eigenvalue weighted by atomic mass is 35.5. The van der Waals surface area contributed by atoms with Crippen molar-refractivity contribution in [2.75, 3.05) is 39.4 Å². The van der Waals surface area contributed by atoms with Gasteiger partial charge in [-0.25, -0.2) is 4.79 Å². The number of nitrogens with one attached hydrogen (secondary N) is 1. The van der Waals surface area contributed by atoms with Crippen LogP contribution >= 0.6 is 11.6 Å². The van der Waals surface area contributed by atoms with Gasteiger partial charge in [-0.15, -0.1) is 0 Å². The number of halogens is 1. The summed E-state index contributed by atoms with van der Waals surface area (Å²) in [6.07, 6.45) is -1.15. The van der Waals surface area contributed by atoms with E-state index < -0.39 is 35.4 Å². The van der Waals surface area contributed by atoms with Gasteiger partial charge in [-0.2, -0.15) is 0 Å². The molecule has 2 N–H and O–H groups in total. The summed E-state index contributed by atoms with van der Waals surface area (Å²) in [4.78, 5) is 40.9. The fourth-order valence-electron chi connectivity index (χ4n) is 4.89. The summed E-state index contributed by atoms with van der Waals surface area (Å²) >= 11 is 6.46. The van der Waals surface area contributed by atoms with Crippen LogP contribution < -0.4 is 19.7 Å². The lowest BCUT2D eigenvalue weighted by molar-refractivity contribution is -0.138. The summed E-state index contributed by atoms with van der Waals surface area (Å²) in [5.74, 6) is -0.821. The van der Waals surface area contributed by atoms with Crippen LogP contribution in [0, 0.1) is 5.41 Å². The van der Waals surface area contributed by atoms with E-state index in [1.807, 2.05) is 13.8 Å². The minimum absolute atomic E-state index is 0.0282. The van der Waals surface area contributed by atoms with Crippen molar-refractivity contribution >= 4 is 35.1 Å². The number of para-hydroxylation sites is 1. The average molecular weight is 615 g/mol. The predicted molar refractivity (Wildman–Crippen MR) is 157 cm³/mol. The van der Waals surface area contributed by atoms with Gasteiger partial charge in [0.05, 0.1) is 34.0 Å². The molecular weight excluding hydrogens is 580 g/mol. The molecule has 3 aromatic rings. The summed E-state index contributed by atoms with van der Waals surface area (Å²) in [6, 6.07) is 12.0. The second-order valence-electron chi connectivity index (χ2n) is 10.8. The van der Waals surface area contributed by atoms with Crippen molar-refractivity contribution in [3.8, 4) is 11.5 Å². The first kappa shape index (κ1) is 31.9. The zero-order valence-corrected chi connectivity index (χ0v) is 25.4. The number of ether oxygens (including phenoxy) is 4. The number of fused-ring (bicyclic) bond motifs is 1. The maximum absolute atomic E-state index is 14.2. The van der Waals surface area contributed by atoms with E-state index in [9.17, 15) is 19.5 Å². The molecule has 4 rings (SSSR count). The van der Waals surface area contributed by atoms with Crippen LogP contribution in [-0.2, 0) is 25.6 Å². The standard InChI is InChI=1S/C31H35ClN2O9/c1-31(2,17-35)16-34-22-10-9-19(32)13-21(22)27(20-7-6-8-23(39-3)28(20)40-4)43-24(29(34)37)14-25(36)33-15-18-11-12-42-26(18)30(38)41-5/h6-13,24,27,35H,14-17H2,1-5H3,(H,33,36)/t24-,27-/m1/s1. The van der Waals surface area contributed by atoms with Crippen LogP contribution in [0.3, 0.4) is 0 Å². The molecule has 2 atom stereocenters. The molecule has 0 saturated heterocycles. The van der Waals surface area contributed by atoms with E-state index in [0.29, 0.717) is 38.9 Å². The molecule has 12 heteroatoms. The number of benzene rings is 2. The lowest BCUT2D eigenvalue weighted by atomic mass is 9.92. The Morgan fingerprint density at radius 2 is 1.86 bits per heavy atom. The normalized spacial score (nSPS) is 16.7. The second-order valence-corrected chi connectivity index (χ2v) is 11.2. The maximum Gasteiger partial charge on any atom is 0.374 e. The summed E-state index contributed by atoms with van der Waals surface area (Å²) in [5, 5.41) is 13.2. The third-order valence-corrected chi connectivity index (χ3v) is 7.33. The van der Waals surface area contributed by atoms with E-state index in [4.69, 9.17) is 35.0 Å². The van der Waals surface area contributed by atoms with Crippen LogP contribution in [0.4, 0.5) is 5.69 Å². The molecule has 0 radical (unpaired) electrons. The fraction of sp³-hybridized carbons (Fsp3) is 0.387. The van der Waals surface area contributed by atoms with Crippen molar-refractivity contribution in [1.29, 1.82) is 0 Å². The lowest BCUT2D eigenvalue weighted by Crippen LogP contribution is -2.46. The SMILES string of the molecule is COC(=O)c1occc1CNC(=O)C[C@H]1O[C@H](c2cccc(OC)c2OC)c2cc(Cl)ccc2N(CC(C)(C)CO)C1=O. The van der Waals surface area contributed by atoms with Crippen LogP contribution in [0.1, 0.15) is 53.6 Å². The third-order valence-electron chi connectivity index (χ3n) is 7.10. The summed E-state index contributed by atoms with van der Waals surface area (Å²) in [5.41, 5.74) is 1.40. The van der Waals surface area contributed by atoms with E-state index in [-0.39, 0.29) is 31.9 Å². The predicted octanol–water partition coefficient (Wildman–Crippen LogP) is 4.28. The summed E-state index contributed by atoms with van der Waals surface area (Å²) < 4.78 is 27.6. The number of furan rings is 1. The Bertz CT molecular complexity index is 1490. The Hall–Kier alpha value is -4.06. The molecule has 2 aromatic carbocycles. The van der Waals surface area contributed by atoms with E-state index in [2.05, 4.69) is 5.32 Å². The van der Waals surface area contributed by atoms with Crippen LogP contribution in [0.25, 0.3) is 0 Å². The fourth-order valence-corrected chi connectivity index (χ4v) is 5.07. The van der Waals surface area contributed by atoms with E-state index in [0.717, 1.165) is 0 Å². The van der Waals surface area contributed by atoms with Crippen molar-refractivity contribution in [3.05, 3.63) is 76.2 Å². The zero-order chi connectivity index (χ0) is 31.3. The molecule has 0 saturated carbocycles. The van der Waals surface area contributed by atoms with Gasteiger partial charge in [0.1, 0.15) is 12.2 Å². The van der Waals surface area contributed by atoms with Gasteiger partial charge >= 0.3 is 5.97 Å². The van der Waals surface area contributed by atoms with Crippen molar-refractivity contribution in [1.82, 2.24) is 5.32 Å². The molecule has 0 spiro atoms. The van der Waals surface area contributed by atoms with Crippen molar-refractivity contribution in [2.45, 2.75) is 39.0 Å². The molecule has 2 amide bonds. The van der Waals surface area contributed by atoms with Crippen LogP contribution in [0.5, 0.6) is 11.5 Å². The van der Waals surface area contributed by atoms with Crippen LogP contribution in [0.15, 0.2) is 53.1 Å². The van der Waals surface area contributed by atoms with E-state index >= 15 is 0 Å². The highest BCUT2D eigenvalue weighted by molar-refractivity contribution is 6.30. The van der Waals surface area contributed by atoms with Gasteiger partial charge < -0.3 is 38.7 Å². The third kappa shape index (κ3) is 6.96. The molecule has 1 aliphatic rings. The lowest BCUT2D eigenvalue weighted by Gasteiger charge is -2.32. The number of anilines is 1.